The summed E-state index contributed by atoms with van der Waals surface area (Å²) in [6.07, 6.45) is 8.52. The van der Waals surface area contributed by atoms with Crippen molar-refractivity contribution in [3.63, 3.8) is 0 Å². The second-order valence-electron chi connectivity index (χ2n) is 12.5. The molecule has 4 aliphatic heterocycles. The Morgan fingerprint density at radius 3 is 1.24 bits per heavy atom. The number of hydrogen-bond donors (Lipinski definition) is 2. The average Bonchev–Trinajstić information content (AvgIpc) is 3.32. The fourth-order valence-electron chi connectivity index (χ4n) is 7.41. The normalized spacial score (nSPS) is 30.1. The molecule has 8 heteroatoms. The zero-order valence-corrected chi connectivity index (χ0v) is 24.9. The van der Waals surface area contributed by atoms with Gasteiger partial charge in [0.05, 0.1) is 13.2 Å². The van der Waals surface area contributed by atoms with Gasteiger partial charge >= 0.3 is 11.9 Å². The van der Waals surface area contributed by atoms with Crippen LogP contribution < -0.4 is 0 Å². The molecule has 4 bridgehead atoms. The number of aliphatic hydroxyl groups excluding tert-OH is 2. The van der Waals surface area contributed by atoms with Gasteiger partial charge in [0.25, 0.3) is 0 Å². The summed E-state index contributed by atoms with van der Waals surface area (Å²) in [5, 5.41) is 19.1. The van der Waals surface area contributed by atoms with Gasteiger partial charge in [-0.25, -0.2) is 0 Å². The van der Waals surface area contributed by atoms with Crippen molar-refractivity contribution in [2.45, 2.75) is 99.6 Å². The van der Waals surface area contributed by atoms with Gasteiger partial charge in [0, 0.05) is 24.2 Å². The van der Waals surface area contributed by atoms with Gasteiger partial charge in [-0.3, -0.25) is 9.59 Å². The Hall–Kier alpha value is -2.78. The van der Waals surface area contributed by atoms with E-state index in [1.54, 1.807) is 0 Å². The summed E-state index contributed by atoms with van der Waals surface area (Å²) in [5.41, 5.74) is 1.64. The highest BCUT2D eigenvalue weighted by molar-refractivity contribution is 5.79. The minimum atomic E-state index is -0.566. The van der Waals surface area contributed by atoms with Crippen LogP contribution in [0.1, 0.15) is 74.3 Å². The van der Waals surface area contributed by atoms with Gasteiger partial charge < -0.3 is 29.5 Å². The summed E-state index contributed by atoms with van der Waals surface area (Å²) in [5.74, 6) is -1.72. The third-order valence-electron chi connectivity index (χ3n) is 10.0. The van der Waals surface area contributed by atoms with E-state index in [1.807, 2.05) is 60.7 Å². The highest BCUT2D eigenvalue weighted by Gasteiger charge is 2.41. The van der Waals surface area contributed by atoms with Crippen LogP contribution in [-0.2, 0) is 19.1 Å². The van der Waals surface area contributed by atoms with Gasteiger partial charge in [0.2, 0.25) is 0 Å². The minimum absolute atomic E-state index is 0.00367. The molecule has 2 aromatic rings. The van der Waals surface area contributed by atoms with Crippen molar-refractivity contribution in [1.82, 2.24) is 9.80 Å². The van der Waals surface area contributed by atoms with Gasteiger partial charge in [-0.15, -0.1) is 0 Å². The predicted molar refractivity (Wildman–Crippen MR) is 160 cm³/mol. The maximum absolute atomic E-state index is 12.4. The van der Waals surface area contributed by atoms with E-state index in [1.165, 1.54) is 25.7 Å². The Morgan fingerprint density at radius 2 is 0.952 bits per heavy atom. The third kappa shape index (κ3) is 7.05. The lowest BCUT2D eigenvalue weighted by atomic mass is 9.98. The molecule has 42 heavy (non-hydrogen) atoms. The zero-order valence-electron chi connectivity index (χ0n) is 24.9. The average molecular weight is 579 g/mol. The molecule has 228 valence electrons. The van der Waals surface area contributed by atoms with Crippen LogP contribution in [0.4, 0.5) is 0 Å². The maximum atomic E-state index is 12.4. The summed E-state index contributed by atoms with van der Waals surface area (Å²) in [6.45, 7) is -0.412. The number of carbonyl (C=O) groups is 2. The fourth-order valence-corrected chi connectivity index (χ4v) is 7.41. The number of hydrogen-bond acceptors (Lipinski definition) is 8. The number of ether oxygens (including phenoxy) is 2. The van der Waals surface area contributed by atoms with Crippen molar-refractivity contribution < 1.29 is 29.3 Å². The van der Waals surface area contributed by atoms with Crippen LogP contribution in [0.15, 0.2) is 60.7 Å². The third-order valence-corrected chi connectivity index (χ3v) is 10.0. The molecule has 0 saturated carbocycles. The van der Waals surface area contributed by atoms with Crippen LogP contribution >= 0.6 is 0 Å². The minimum Gasteiger partial charge on any atom is -0.462 e. The topological polar surface area (TPSA) is 99.5 Å². The first kappa shape index (κ1) is 30.7. The van der Waals surface area contributed by atoms with Crippen LogP contribution in [0, 0.1) is 0 Å². The van der Waals surface area contributed by atoms with E-state index in [0.29, 0.717) is 24.2 Å². The Kier molecular flexibility index (Phi) is 10.3. The van der Waals surface area contributed by atoms with Crippen molar-refractivity contribution in [3.8, 4) is 0 Å². The Bertz CT molecular complexity index is 1040. The molecule has 4 saturated heterocycles. The summed E-state index contributed by atoms with van der Waals surface area (Å²) in [6, 6.07) is 20.9. The van der Waals surface area contributed by atoms with Crippen molar-refractivity contribution in [2.24, 2.45) is 0 Å². The molecule has 0 aliphatic carbocycles. The molecule has 0 unspecified atom stereocenters. The van der Waals surface area contributed by atoms with E-state index in [0.717, 1.165) is 36.8 Å². The smallest absolute Gasteiger partial charge is 0.316 e. The van der Waals surface area contributed by atoms with E-state index < -0.39 is 11.8 Å². The molecule has 8 atom stereocenters. The number of benzene rings is 2. The molecule has 8 nitrogen and oxygen atoms in total. The lowest BCUT2D eigenvalue weighted by molar-refractivity contribution is -0.156. The highest BCUT2D eigenvalue weighted by atomic mass is 16.5. The highest BCUT2D eigenvalue weighted by Crippen LogP contribution is 2.37. The first-order valence-corrected chi connectivity index (χ1v) is 15.5. The number of fused-ring (bicyclic) bond motifs is 4. The summed E-state index contributed by atoms with van der Waals surface area (Å²) >= 11 is 0. The standard InChI is InChI=1S/2C17H23NO3/c2*1-18-13-7-8-14(18)10-15(9-13)21-17(20)16(11-19)12-5-3-2-4-6-12/h2*2-6,13-16,19H,7-11H2,1H3/t2*13-,14+,15+,16-/m11/s1. The predicted octanol–water partition coefficient (Wildman–Crippen LogP) is 3.86. The van der Waals surface area contributed by atoms with Gasteiger partial charge in [0.15, 0.2) is 0 Å². The molecule has 4 fully saturated rings. The first-order valence-electron chi connectivity index (χ1n) is 15.5. The van der Waals surface area contributed by atoms with Crippen molar-refractivity contribution in [3.05, 3.63) is 71.8 Å². The molecule has 6 rings (SSSR count). The molecule has 0 spiro atoms. The molecular formula is C34H46N2O6. The van der Waals surface area contributed by atoms with Gasteiger partial charge in [-0.1, -0.05) is 60.7 Å². The Labute approximate surface area is 249 Å². The SMILES string of the molecule is CN1[C@@H]2CC[C@H]1C[C@@H](OC(=O)[C@H](CO)c1ccccc1)C2.CN1[C@@H]2CC[C@H]1C[C@@H](OC(=O)[C@H](CO)c1ccccc1)C2. The molecule has 2 aromatic carbocycles. The van der Waals surface area contributed by atoms with Gasteiger partial charge in [-0.2, -0.15) is 0 Å². The zero-order chi connectivity index (χ0) is 29.6. The lowest BCUT2D eigenvalue weighted by Gasteiger charge is -2.36. The number of rotatable bonds is 8. The quantitative estimate of drug-likeness (QED) is 0.456. The molecular weight excluding hydrogens is 532 g/mol. The van der Waals surface area contributed by atoms with Crippen LogP contribution in [0.3, 0.4) is 0 Å². The van der Waals surface area contributed by atoms with Crippen LogP contribution in [0.2, 0.25) is 0 Å². The second kappa shape index (κ2) is 14.1. The molecule has 4 aliphatic rings. The lowest BCUT2D eigenvalue weighted by Crippen LogP contribution is -2.43. The largest absolute Gasteiger partial charge is 0.462 e. The molecule has 2 N–H and O–H groups in total. The monoisotopic (exact) mass is 578 g/mol. The first-order chi connectivity index (χ1) is 20.4. The van der Waals surface area contributed by atoms with Gasteiger partial charge in [0.1, 0.15) is 24.0 Å². The molecule has 0 amide bonds. The van der Waals surface area contributed by atoms with Crippen molar-refractivity contribution in [1.29, 1.82) is 0 Å². The number of piperidine rings is 2. The Balaban J connectivity index is 0.000000168. The number of esters is 2. The summed E-state index contributed by atoms with van der Waals surface area (Å²) in [7, 11) is 4.34. The number of carbonyl (C=O) groups excluding carboxylic acids is 2. The second-order valence-corrected chi connectivity index (χ2v) is 12.5. The molecule has 0 radical (unpaired) electrons. The number of aliphatic hydroxyl groups is 2. The van der Waals surface area contributed by atoms with Crippen molar-refractivity contribution >= 4 is 11.9 Å². The van der Waals surface area contributed by atoms with E-state index in [4.69, 9.17) is 9.47 Å². The van der Waals surface area contributed by atoms with Crippen molar-refractivity contribution in [2.75, 3.05) is 27.3 Å². The van der Waals surface area contributed by atoms with E-state index in [9.17, 15) is 19.8 Å². The maximum Gasteiger partial charge on any atom is 0.316 e. The van der Waals surface area contributed by atoms with E-state index in [-0.39, 0.29) is 37.4 Å². The van der Waals surface area contributed by atoms with Crippen LogP contribution in [0.5, 0.6) is 0 Å². The van der Waals surface area contributed by atoms with E-state index >= 15 is 0 Å². The number of nitrogens with zero attached hydrogens (tertiary/aromatic N) is 2. The summed E-state index contributed by atoms with van der Waals surface area (Å²) < 4.78 is 11.4. The molecule has 0 aromatic heterocycles. The fraction of sp³-hybridized carbons (Fsp3) is 0.588. The van der Waals surface area contributed by atoms with E-state index in [2.05, 4.69) is 23.9 Å². The summed E-state index contributed by atoms with van der Waals surface area (Å²) in [4.78, 5) is 29.6. The Morgan fingerprint density at radius 1 is 0.643 bits per heavy atom. The van der Waals surface area contributed by atoms with Crippen LogP contribution in [0.25, 0.3) is 0 Å². The van der Waals surface area contributed by atoms with Gasteiger partial charge in [-0.05, 0) is 76.6 Å². The molecule has 4 heterocycles. The van der Waals surface area contributed by atoms with Crippen LogP contribution in [-0.4, -0.2) is 95.6 Å².